The molecule has 204 valence electrons. The molecule has 0 aliphatic heterocycles. The molecule has 2 aromatic heterocycles. The number of rotatable bonds is 6. The molecule has 4 aromatic carbocycles. The number of para-hydroxylation sites is 3. The standard InChI is InChI=1S/C36H41N3Si/c1-9-38-32-19-17-25(21-29(32)30-22-26(40(6,7)8)18-20-33(30)38)36-37-31-15-10-11-16-34(31)39(36)35-27(23(2)3)13-12-14-28(35)24(4)5/h10-24H,9H2,1-8H3. The lowest BCUT2D eigenvalue weighted by Gasteiger charge is -2.22. The van der Waals surface area contributed by atoms with Crippen molar-refractivity contribution in [3.63, 3.8) is 0 Å². The summed E-state index contributed by atoms with van der Waals surface area (Å²) in [5.74, 6) is 1.80. The molecule has 0 fully saturated rings. The van der Waals surface area contributed by atoms with Crippen molar-refractivity contribution in [3.8, 4) is 17.1 Å². The number of aromatic nitrogens is 3. The summed E-state index contributed by atoms with van der Waals surface area (Å²) in [5.41, 5.74) is 9.96. The van der Waals surface area contributed by atoms with Crippen molar-refractivity contribution in [1.82, 2.24) is 14.1 Å². The van der Waals surface area contributed by atoms with Gasteiger partial charge in [0.15, 0.2) is 0 Å². The second-order valence-electron chi connectivity index (χ2n) is 12.8. The molecule has 0 spiro atoms. The Morgan fingerprint density at radius 2 is 1.32 bits per heavy atom. The summed E-state index contributed by atoms with van der Waals surface area (Å²) in [5, 5.41) is 4.17. The maximum Gasteiger partial charge on any atom is 0.145 e. The Balaban J connectivity index is 1.70. The molecule has 6 rings (SSSR count). The minimum absolute atomic E-state index is 0.396. The molecule has 0 aliphatic rings. The zero-order chi connectivity index (χ0) is 28.3. The van der Waals surface area contributed by atoms with Crippen LogP contribution in [0.5, 0.6) is 0 Å². The average Bonchev–Trinajstić information content (AvgIpc) is 3.46. The van der Waals surface area contributed by atoms with Gasteiger partial charge in [0.25, 0.3) is 0 Å². The van der Waals surface area contributed by atoms with Gasteiger partial charge in [0, 0.05) is 33.9 Å². The number of imidazole rings is 1. The highest BCUT2D eigenvalue weighted by Gasteiger charge is 2.23. The van der Waals surface area contributed by atoms with Gasteiger partial charge < -0.3 is 4.57 Å². The van der Waals surface area contributed by atoms with Gasteiger partial charge in [-0.1, -0.05) is 95.0 Å². The Kier molecular flexibility index (Phi) is 6.50. The predicted octanol–water partition coefficient (Wildman–Crippen LogP) is 9.61. The number of hydrogen-bond acceptors (Lipinski definition) is 1. The summed E-state index contributed by atoms with van der Waals surface area (Å²) in [6.07, 6.45) is 0. The van der Waals surface area contributed by atoms with Crippen molar-refractivity contribution >= 4 is 46.1 Å². The van der Waals surface area contributed by atoms with Gasteiger partial charge in [-0.2, -0.15) is 0 Å². The molecule has 0 saturated carbocycles. The fraction of sp³-hybridized carbons (Fsp3) is 0.306. The molecule has 0 saturated heterocycles. The molecular weight excluding hydrogens is 503 g/mol. The van der Waals surface area contributed by atoms with Gasteiger partial charge >= 0.3 is 0 Å². The van der Waals surface area contributed by atoms with Crippen LogP contribution in [0.4, 0.5) is 0 Å². The van der Waals surface area contributed by atoms with Gasteiger partial charge in [0.05, 0.1) is 24.8 Å². The van der Waals surface area contributed by atoms with Gasteiger partial charge in [-0.25, -0.2) is 4.98 Å². The smallest absolute Gasteiger partial charge is 0.145 e. The first-order valence-electron chi connectivity index (χ1n) is 14.8. The van der Waals surface area contributed by atoms with Crippen LogP contribution in [0.15, 0.2) is 78.9 Å². The van der Waals surface area contributed by atoms with E-state index < -0.39 is 8.07 Å². The third kappa shape index (κ3) is 4.21. The lowest BCUT2D eigenvalue weighted by molar-refractivity contribution is 0.811. The van der Waals surface area contributed by atoms with Crippen LogP contribution < -0.4 is 5.19 Å². The van der Waals surface area contributed by atoms with Gasteiger partial charge in [0.2, 0.25) is 0 Å². The molecule has 6 aromatic rings. The van der Waals surface area contributed by atoms with Gasteiger partial charge in [0.1, 0.15) is 5.82 Å². The average molecular weight is 544 g/mol. The van der Waals surface area contributed by atoms with E-state index in [0.29, 0.717) is 11.8 Å². The van der Waals surface area contributed by atoms with Gasteiger partial charge in [-0.05, 0) is 66.3 Å². The van der Waals surface area contributed by atoms with E-state index in [2.05, 4.69) is 142 Å². The van der Waals surface area contributed by atoms with Crippen molar-refractivity contribution in [2.45, 2.75) is 72.6 Å². The van der Waals surface area contributed by atoms with Crippen LogP contribution in [0, 0.1) is 0 Å². The van der Waals surface area contributed by atoms with Crippen LogP contribution >= 0.6 is 0 Å². The molecule has 0 N–H and O–H groups in total. The maximum atomic E-state index is 5.29. The van der Waals surface area contributed by atoms with Crippen LogP contribution in [0.3, 0.4) is 0 Å². The van der Waals surface area contributed by atoms with Crippen LogP contribution in [-0.2, 0) is 6.54 Å². The fourth-order valence-corrected chi connectivity index (χ4v) is 7.43. The Labute approximate surface area is 239 Å². The third-order valence-corrected chi connectivity index (χ3v) is 10.5. The van der Waals surface area contributed by atoms with E-state index in [4.69, 9.17) is 4.98 Å². The summed E-state index contributed by atoms with van der Waals surface area (Å²) in [4.78, 5) is 5.29. The normalized spacial score (nSPS) is 12.6. The van der Waals surface area contributed by atoms with E-state index in [0.717, 1.165) is 29.0 Å². The zero-order valence-corrected chi connectivity index (χ0v) is 26.2. The van der Waals surface area contributed by atoms with Crippen LogP contribution in [0.2, 0.25) is 19.6 Å². The molecule has 40 heavy (non-hydrogen) atoms. The molecule has 2 heterocycles. The van der Waals surface area contributed by atoms with Gasteiger partial charge in [-0.3, -0.25) is 4.57 Å². The van der Waals surface area contributed by atoms with E-state index in [1.54, 1.807) is 0 Å². The molecule has 3 nitrogen and oxygen atoms in total. The van der Waals surface area contributed by atoms with E-state index in [-0.39, 0.29) is 0 Å². The second kappa shape index (κ2) is 9.78. The summed E-state index contributed by atoms with van der Waals surface area (Å²) in [6.45, 7) is 19.7. The van der Waals surface area contributed by atoms with Crippen molar-refractivity contribution in [1.29, 1.82) is 0 Å². The number of nitrogens with zero attached hydrogens (tertiary/aromatic N) is 3. The van der Waals surface area contributed by atoms with Crippen molar-refractivity contribution in [2.24, 2.45) is 0 Å². The number of benzene rings is 4. The first-order chi connectivity index (χ1) is 19.1. The van der Waals surface area contributed by atoms with Crippen molar-refractivity contribution in [3.05, 3.63) is 90.0 Å². The Morgan fingerprint density at radius 1 is 0.700 bits per heavy atom. The largest absolute Gasteiger partial charge is 0.341 e. The summed E-state index contributed by atoms with van der Waals surface area (Å²) < 4.78 is 4.89. The van der Waals surface area contributed by atoms with E-state index >= 15 is 0 Å². The van der Waals surface area contributed by atoms with Gasteiger partial charge in [-0.15, -0.1) is 0 Å². The minimum atomic E-state index is -1.45. The Hall–Kier alpha value is -3.63. The molecule has 0 bridgehead atoms. The zero-order valence-electron chi connectivity index (χ0n) is 25.2. The predicted molar refractivity (Wildman–Crippen MR) is 176 cm³/mol. The second-order valence-corrected chi connectivity index (χ2v) is 17.9. The monoisotopic (exact) mass is 543 g/mol. The lowest BCUT2D eigenvalue weighted by Crippen LogP contribution is -2.37. The maximum absolute atomic E-state index is 5.29. The van der Waals surface area contributed by atoms with Crippen molar-refractivity contribution in [2.75, 3.05) is 0 Å². The molecule has 4 heteroatoms. The first-order valence-corrected chi connectivity index (χ1v) is 18.3. The van der Waals surface area contributed by atoms with Crippen LogP contribution in [-0.4, -0.2) is 22.2 Å². The minimum Gasteiger partial charge on any atom is -0.341 e. The quantitative estimate of drug-likeness (QED) is 0.192. The Morgan fingerprint density at radius 3 is 1.95 bits per heavy atom. The fourth-order valence-electron chi connectivity index (χ4n) is 6.27. The first kappa shape index (κ1) is 26.6. The van der Waals surface area contributed by atoms with Crippen molar-refractivity contribution < 1.29 is 0 Å². The molecule has 0 aliphatic carbocycles. The highest BCUT2D eigenvalue weighted by molar-refractivity contribution is 6.88. The molecular formula is C36H41N3Si. The molecule has 0 amide bonds. The Bertz CT molecular complexity index is 1850. The summed E-state index contributed by atoms with van der Waals surface area (Å²) in [6, 6.07) is 29.5. The highest BCUT2D eigenvalue weighted by atomic mass is 28.3. The summed E-state index contributed by atoms with van der Waals surface area (Å²) >= 11 is 0. The van der Waals surface area contributed by atoms with E-state index in [1.165, 1.54) is 43.8 Å². The van der Waals surface area contributed by atoms with E-state index in [9.17, 15) is 0 Å². The number of hydrogen-bond donors (Lipinski definition) is 0. The van der Waals surface area contributed by atoms with E-state index in [1.807, 2.05) is 0 Å². The summed E-state index contributed by atoms with van der Waals surface area (Å²) in [7, 11) is -1.45. The van der Waals surface area contributed by atoms with Crippen LogP contribution in [0.1, 0.15) is 57.6 Å². The number of fused-ring (bicyclic) bond motifs is 4. The lowest BCUT2D eigenvalue weighted by atomic mass is 9.92. The third-order valence-electron chi connectivity index (χ3n) is 8.43. The molecule has 0 radical (unpaired) electrons. The number of aryl methyl sites for hydroxylation is 1. The molecule has 0 atom stereocenters. The SMILES string of the molecule is CCn1c2ccc(-c3nc4ccccc4n3-c3c(C(C)C)cccc3C(C)C)cc2c2cc([Si](C)(C)C)ccc21. The molecule has 0 unspecified atom stereocenters. The topological polar surface area (TPSA) is 22.8 Å². The van der Waals surface area contributed by atoms with Crippen LogP contribution in [0.25, 0.3) is 49.9 Å². The highest BCUT2D eigenvalue weighted by Crippen LogP contribution is 2.39.